The maximum atomic E-state index is 9.44. The molecule has 0 unspecified atom stereocenters. The van der Waals surface area contributed by atoms with Gasteiger partial charge in [0.15, 0.2) is 0 Å². The molecule has 2 heteroatoms. The van der Waals surface area contributed by atoms with Crippen molar-refractivity contribution in [1.82, 2.24) is 4.90 Å². The van der Waals surface area contributed by atoms with E-state index in [2.05, 4.69) is 24.8 Å². The molecule has 70 valence electrons. The lowest BCUT2D eigenvalue weighted by atomic mass is 9.97. The first-order valence-electron chi connectivity index (χ1n) is 4.58. The van der Waals surface area contributed by atoms with Crippen LogP contribution in [0.1, 0.15) is 27.2 Å². The average Bonchev–Trinajstić information content (AvgIpc) is 1.82. The van der Waals surface area contributed by atoms with Gasteiger partial charge in [-0.1, -0.05) is 11.6 Å². The third kappa shape index (κ3) is 2.95. The van der Waals surface area contributed by atoms with Gasteiger partial charge in [0.1, 0.15) is 0 Å². The molecule has 0 amide bonds. The maximum Gasteiger partial charge on any atom is 0.0872 e. The van der Waals surface area contributed by atoms with Crippen LogP contribution in [-0.4, -0.2) is 35.2 Å². The quantitative estimate of drug-likeness (QED) is 0.646. The van der Waals surface area contributed by atoms with Gasteiger partial charge in [-0.05, 0) is 27.2 Å². The van der Waals surface area contributed by atoms with E-state index in [1.54, 1.807) is 0 Å². The predicted octanol–water partition coefficient (Wildman–Crippen LogP) is 1.41. The molecule has 0 aromatic heterocycles. The summed E-state index contributed by atoms with van der Waals surface area (Å²) in [5, 5.41) is 9.44. The summed E-state index contributed by atoms with van der Waals surface area (Å²) in [7, 11) is 0. The van der Waals surface area contributed by atoms with Gasteiger partial charge in [-0.25, -0.2) is 0 Å². The summed E-state index contributed by atoms with van der Waals surface area (Å²) in [6.45, 7) is 8.89. The zero-order chi connectivity index (χ0) is 9.19. The number of aliphatic hydroxyl groups is 1. The van der Waals surface area contributed by atoms with E-state index in [1.165, 1.54) is 5.57 Å². The molecule has 1 heterocycles. The minimum Gasteiger partial charge on any atom is -0.388 e. The van der Waals surface area contributed by atoms with E-state index in [-0.39, 0.29) is 0 Å². The second kappa shape index (κ2) is 3.58. The second-order valence-electron chi connectivity index (χ2n) is 4.28. The highest BCUT2D eigenvalue weighted by molar-refractivity contribution is 4.96. The van der Waals surface area contributed by atoms with Crippen molar-refractivity contribution in [1.29, 1.82) is 0 Å². The number of hydrogen-bond acceptors (Lipinski definition) is 2. The van der Waals surface area contributed by atoms with Gasteiger partial charge in [0.25, 0.3) is 0 Å². The van der Waals surface area contributed by atoms with Crippen LogP contribution in [0.5, 0.6) is 0 Å². The molecule has 1 aliphatic heterocycles. The highest BCUT2D eigenvalue weighted by Crippen LogP contribution is 2.19. The summed E-state index contributed by atoms with van der Waals surface area (Å²) in [5.41, 5.74) is 0.965. The number of nitrogens with zero attached hydrogens (tertiary/aromatic N) is 1. The Morgan fingerprint density at radius 3 is 2.50 bits per heavy atom. The predicted molar refractivity (Wildman–Crippen MR) is 51.1 cm³/mol. The molecule has 1 rings (SSSR count). The Bertz CT molecular complexity index is 172. The minimum atomic E-state index is -0.412. The second-order valence-corrected chi connectivity index (χ2v) is 4.28. The fourth-order valence-electron chi connectivity index (χ4n) is 1.61. The van der Waals surface area contributed by atoms with E-state index in [0.29, 0.717) is 0 Å². The number of rotatable bonds is 3. The lowest BCUT2D eigenvalue weighted by Crippen LogP contribution is -2.59. The third-order valence-corrected chi connectivity index (χ3v) is 2.13. The van der Waals surface area contributed by atoms with Crippen LogP contribution >= 0.6 is 0 Å². The van der Waals surface area contributed by atoms with E-state index >= 15 is 0 Å². The minimum absolute atomic E-state index is 0.412. The molecule has 0 bridgehead atoms. The molecule has 1 aliphatic rings. The van der Waals surface area contributed by atoms with Gasteiger partial charge >= 0.3 is 0 Å². The summed E-state index contributed by atoms with van der Waals surface area (Å²) in [6.07, 6.45) is 3.35. The van der Waals surface area contributed by atoms with Crippen LogP contribution in [-0.2, 0) is 0 Å². The highest BCUT2D eigenvalue weighted by atomic mass is 16.3. The molecule has 0 spiro atoms. The molecule has 1 fully saturated rings. The summed E-state index contributed by atoms with van der Waals surface area (Å²) in [6, 6.07) is 0. The SMILES string of the molecule is CC(C)=CCCN1CC(C)(O)C1. The molecule has 0 radical (unpaired) electrons. The van der Waals surface area contributed by atoms with Crippen molar-refractivity contribution >= 4 is 0 Å². The number of β-amino-alcohol motifs (C(OH)–C–C–N with tert-alkyl or cyclic N) is 1. The molecular formula is C10H19NO. The van der Waals surface area contributed by atoms with Gasteiger partial charge in [-0.3, -0.25) is 4.90 Å². The van der Waals surface area contributed by atoms with Gasteiger partial charge in [0, 0.05) is 19.6 Å². The lowest BCUT2D eigenvalue weighted by Gasteiger charge is -2.44. The fraction of sp³-hybridized carbons (Fsp3) is 0.800. The molecule has 2 nitrogen and oxygen atoms in total. The normalized spacial score (nSPS) is 21.7. The molecular weight excluding hydrogens is 150 g/mol. The third-order valence-electron chi connectivity index (χ3n) is 2.13. The van der Waals surface area contributed by atoms with Crippen LogP contribution in [0.25, 0.3) is 0 Å². The maximum absolute atomic E-state index is 9.44. The van der Waals surface area contributed by atoms with Crippen LogP contribution in [0.15, 0.2) is 11.6 Å². The molecule has 0 aromatic rings. The van der Waals surface area contributed by atoms with Crippen molar-refractivity contribution in [2.75, 3.05) is 19.6 Å². The van der Waals surface area contributed by atoms with E-state index in [1.807, 2.05) is 6.92 Å². The fourth-order valence-corrected chi connectivity index (χ4v) is 1.61. The van der Waals surface area contributed by atoms with E-state index < -0.39 is 5.60 Å². The standard InChI is InChI=1S/C10H19NO/c1-9(2)5-4-6-11-7-10(3,12)8-11/h5,12H,4,6-8H2,1-3H3. The topological polar surface area (TPSA) is 23.5 Å². The van der Waals surface area contributed by atoms with Crippen molar-refractivity contribution in [3.63, 3.8) is 0 Å². The van der Waals surface area contributed by atoms with Crippen molar-refractivity contribution < 1.29 is 5.11 Å². The van der Waals surface area contributed by atoms with E-state index in [0.717, 1.165) is 26.1 Å². The zero-order valence-electron chi connectivity index (χ0n) is 8.30. The van der Waals surface area contributed by atoms with Crippen molar-refractivity contribution in [2.45, 2.75) is 32.8 Å². The summed E-state index contributed by atoms with van der Waals surface area (Å²) >= 11 is 0. The Balaban J connectivity index is 2.08. The van der Waals surface area contributed by atoms with Crippen LogP contribution in [0.3, 0.4) is 0 Å². The Hall–Kier alpha value is -0.340. The number of allylic oxidation sites excluding steroid dienone is 1. The molecule has 0 aromatic carbocycles. The first-order chi connectivity index (χ1) is 5.49. The Morgan fingerprint density at radius 2 is 2.08 bits per heavy atom. The lowest BCUT2D eigenvalue weighted by molar-refractivity contribution is -0.0821. The van der Waals surface area contributed by atoms with Gasteiger partial charge in [0.05, 0.1) is 5.60 Å². The van der Waals surface area contributed by atoms with E-state index in [9.17, 15) is 5.11 Å². The van der Waals surface area contributed by atoms with Crippen molar-refractivity contribution in [3.8, 4) is 0 Å². The largest absolute Gasteiger partial charge is 0.388 e. The summed E-state index contributed by atoms with van der Waals surface area (Å²) < 4.78 is 0. The Kier molecular flexibility index (Phi) is 2.91. The smallest absolute Gasteiger partial charge is 0.0872 e. The van der Waals surface area contributed by atoms with Crippen LogP contribution in [0, 0.1) is 0 Å². The first-order valence-corrected chi connectivity index (χ1v) is 4.58. The monoisotopic (exact) mass is 169 g/mol. The summed E-state index contributed by atoms with van der Waals surface area (Å²) in [5.74, 6) is 0. The van der Waals surface area contributed by atoms with Gasteiger partial charge < -0.3 is 5.11 Å². The number of likely N-dealkylation sites (tertiary alicyclic amines) is 1. The Morgan fingerprint density at radius 1 is 1.50 bits per heavy atom. The number of hydrogen-bond donors (Lipinski definition) is 1. The molecule has 0 saturated carbocycles. The highest BCUT2D eigenvalue weighted by Gasteiger charge is 2.35. The van der Waals surface area contributed by atoms with Crippen molar-refractivity contribution in [2.24, 2.45) is 0 Å². The molecule has 0 atom stereocenters. The van der Waals surface area contributed by atoms with Gasteiger partial charge in [0.2, 0.25) is 0 Å². The first kappa shape index (κ1) is 9.75. The van der Waals surface area contributed by atoms with Crippen LogP contribution in [0.4, 0.5) is 0 Å². The average molecular weight is 169 g/mol. The van der Waals surface area contributed by atoms with Gasteiger partial charge in [-0.15, -0.1) is 0 Å². The van der Waals surface area contributed by atoms with Crippen LogP contribution < -0.4 is 0 Å². The molecule has 1 N–H and O–H groups in total. The van der Waals surface area contributed by atoms with E-state index in [4.69, 9.17) is 0 Å². The van der Waals surface area contributed by atoms with Crippen molar-refractivity contribution in [3.05, 3.63) is 11.6 Å². The summed E-state index contributed by atoms with van der Waals surface area (Å²) in [4.78, 5) is 2.28. The van der Waals surface area contributed by atoms with Gasteiger partial charge in [-0.2, -0.15) is 0 Å². The molecule has 0 aliphatic carbocycles. The Labute approximate surface area is 74.9 Å². The zero-order valence-corrected chi connectivity index (χ0v) is 8.30. The molecule has 1 saturated heterocycles. The van der Waals surface area contributed by atoms with Crippen LogP contribution in [0.2, 0.25) is 0 Å². The molecule has 12 heavy (non-hydrogen) atoms.